The number of fused-ring (bicyclic) bond motifs is 1. The first kappa shape index (κ1) is 54.5. The SMILES string of the molecule is CC[C@H](C)[C@H](NC(=O)[C@@H](N)Cc1cnc[nH]1)C(=O)N[C@@H](CC(N)=O)C(=O)N[C@@H](C)C(=O)NCC(=O)N[C@@H](CCC(N)=O)C(=O)N[C@@H](Cc1c[nH]c2ccccc12)C(=O)N[C@@H](Cc1ccccc1)C(=O)O. The standard InChI is InChI=1S/C46H61N13O11/c1-4-24(2)39(59-41(64)30(47)18-28-21-50-23-53-28)45(68)57-34(19-37(49)61)43(66)54-25(3)40(63)52-22-38(62)55-32(14-15-36(48)60)42(65)56-33(17-27-20-51-31-13-9-8-12-29(27)31)44(67)58-35(46(69)70)16-26-10-6-5-7-11-26/h5-13,20-21,23-25,30,32-35,39,51H,4,14-19,22,47H2,1-3H3,(H2,48,60)(H2,49,61)(H,50,53)(H,52,63)(H,54,66)(H,55,62)(H,56,65)(H,57,68)(H,58,67)(H,59,64)(H,69,70)/t24-,25-,30-,32-,33-,34-,35-,39-/m0/s1. The normalized spacial score (nSPS) is 14.5. The van der Waals surface area contributed by atoms with Gasteiger partial charge in [-0.15, -0.1) is 0 Å². The Hall–Kier alpha value is -8.15. The van der Waals surface area contributed by atoms with Gasteiger partial charge >= 0.3 is 5.97 Å². The van der Waals surface area contributed by atoms with E-state index in [9.17, 15) is 53.1 Å². The summed E-state index contributed by atoms with van der Waals surface area (Å²) in [6.07, 6.45) is 3.42. The van der Waals surface area contributed by atoms with Gasteiger partial charge in [-0.2, -0.15) is 0 Å². The zero-order valence-electron chi connectivity index (χ0n) is 38.9. The maximum absolute atomic E-state index is 13.9. The Bertz CT molecular complexity index is 2480. The fourth-order valence-corrected chi connectivity index (χ4v) is 7.19. The van der Waals surface area contributed by atoms with Gasteiger partial charge in [-0.25, -0.2) is 9.78 Å². The van der Waals surface area contributed by atoms with E-state index in [4.69, 9.17) is 17.2 Å². The molecule has 16 N–H and O–H groups in total. The fourth-order valence-electron chi connectivity index (χ4n) is 7.19. The van der Waals surface area contributed by atoms with Gasteiger partial charge in [-0.05, 0) is 36.5 Å². The van der Waals surface area contributed by atoms with Crippen LogP contribution in [-0.2, 0) is 67.2 Å². The van der Waals surface area contributed by atoms with Crippen LogP contribution in [0.5, 0.6) is 0 Å². The Labute approximate surface area is 402 Å². The number of aromatic amines is 2. The van der Waals surface area contributed by atoms with Crippen LogP contribution in [0.2, 0.25) is 0 Å². The Morgan fingerprint density at radius 2 is 1.31 bits per heavy atom. The van der Waals surface area contributed by atoms with Crippen LogP contribution < -0.4 is 54.4 Å². The van der Waals surface area contributed by atoms with Crippen LogP contribution in [0, 0.1) is 5.92 Å². The summed E-state index contributed by atoms with van der Waals surface area (Å²) in [6, 6.07) is 6.19. The molecule has 0 unspecified atom stereocenters. The number of imidazole rings is 1. The summed E-state index contributed by atoms with van der Waals surface area (Å²) >= 11 is 0. The summed E-state index contributed by atoms with van der Waals surface area (Å²) in [7, 11) is 0. The number of aromatic nitrogens is 3. The van der Waals surface area contributed by atoms with E-state index in [0.29, 0.717) is 23.2 Å². The molecule has 24 nitrogen and oxygen atoms in total. The van der Waals surface area contributed by atoms with E-state index in [-0.39, 0.29) is 25.7 Å². The topological polar surface area (TPSA) is 398 Å². The monoisotopic (exact) mass is 971 g/mol. The highest BCUT2D eigenvalue weighted by Crippen LogP contribution is 2.20. The minimum Gasteiger partial charge on any atom is -0.480 e. The van der Waals surface area contributed by atoms with Crippen molar-refractivity contribution >= 4 is 70.0 Å². The third kappa shape index (κ3) is 16.9. The minimum absolute atomic E-state index is 0.0735. The maximum atomic E-state index is 13.9. The second-order valence-corrected chi connectivity index (χ2v) is 16.8. The molecule has 376 valence electrons. The van der Waals surface area contributed by atoms with Crippen molar-refractivity contribution in [2.45, 2.75) is 108 Å². The molecular weight excluding hydrogens is 911 g/mol. The number of para-hydroxylation sites is 1. The molecule has 0 aliphatic carbocycles. The maximum Gasteiger partial charge on any atom is 0.326 e. The predicted molar refractivity (Wildman–Crippen MR) is 252 cm³/mol. The second kappa shape index (κ2) is 26.4. The molecule has 0 saturated heterocycles. The predicted octanol–water partition coefficient (Wildman–Crippen LogP) is -2.44. The molecular formula is C46H61N13O11. The van der Waals surface area contributed by atoms with Gasteiger partial charge < -0.3 is 69.5 Å². The van der Waals surface area contributed by atoms with Gasteiger partial charge in [-0.3, -0.25) is 43.2 Å². The molecule has 4 rings (SSSR count). The number of hydrogen-bond acceptors (Lipinski definition) is 12. The third-order valence-electron chi connectivity index (χ3n) is 11.3. The summed E-state index contributed by atoms with van der Waals surface area (Å²) in [4.78, 5) is 140. The first-order chi connectivity index (χ1) is 33.3. The first-order valence-electron chi connectivity index (χ1n) is 22.5. The van der Waals surface area contributed by atoms with E-state index >= 15 is 0 Å². The van der Waals surface area contributed by atoms with Crippen molar-refractivity contribution in [3.8, 4) is 0 Å². The molecule has 0 aliphatic heterocycles. The Morgan fingerprint density at radius 3 is 1.96 bits per heavy atom. The number of primary amides is 2. The van der Waals surface area contributed by atoms with Crippen molar-refractivity contribution in [3.63, 3.8) is 0 Å². The summed E-state index contributed by atoms with van der Waals surface area (Å²) in [5.74, 6) is -9.75. The van der Waals surface area contributed by atoms with Gasteiger partial charge in [0.05, 0.1) is 25.3 Å². The molecule has 2 aromatic carbocycles. The fraction of sp³-hybridized carbons (Fsp3) is 0.413. The lowest BCUT2D eigenvalue weighted by Crippen LogP contribution is -2.59. The molecule has 0 saturated carbocycles. The summed E-state index contributed by atoms with van der Waals surface area (Å²) < 4.78 is 0. The van der Waals surface area contributed by atoms with Crippen LogP contribution in [0.1, 0.15) is 63.3 Å². The second-order valence-electron chi connectivity index (χ2n) is 16.8. The molecule has 70 heavy (non-hydrogen) atoms. The summed E-state index contributed by atoms with van der Waals surface area (Å²) in [6.45, 7) is 3.93. The van der Waals surface area contributed by atoms with Crippen molar-refractivity contribution < 1.29 is 53.1 Å². The zero-order chi connectivity index (χ0) is 51.5. The molecule has 2 aromatic heterocycles. The molecule has 9 amide bonds. The van der Waals surface area contributed by atoms with Crippen molar-refractivity contribution in [3.05, 3.63) is 90.1 Å². The van der Waals surface area contributed by atoms with Gasteiger partial charge in [0.2, 0.25) is 53.2 Å². The largest absolute Gasteiger partial charge is 0.480 e. The van der Waals surface area contributed by atoms with E-state index in [0.717, 1.165) is 10.9 Å². The number of hydrogen-bond donors (Lipinski definition) is 13. The van der Waals surface area contributed by atoms with Gasteiger partial charge in [0.15, 0.2) is 0 Å². The van der Waals surface area contributed by atoms with E-state index in [1.807, 2.05) is 0 Å². The minimum atomic E-state index is -1.60. The van der Waals surface area contributed by atoms with E-state index in [1.54, 1.807) is 74.6 Å². The highest BCUT2D eigenvalue weighted by atomic mass is 16.4. The van der Waals surface area contributed by atoms with Crippen molar-refractivity contribution in [1.29, 1.82) is 0 Å². The van der Waals surface area contributed by atoms with Crippen LogP contribution >= 0.6 is 0 Å². The average Bonchev–Trinajstić information content (AvgIpc) is 4.00. The lowest BCUT2D eigenvalue weighted by atomic mass is 9.97. The molecule has 2 heterocycles. The Morgan fingerprint density at radius 1 is 0.671 bits per heavy atom. The van der Waals surface area contributed by atoms with Crippen molar-refractivity contribution in [1.82, 2.24) is 52.2 Å². The highest BCUT2D eigenvalue weighted by Gasteiger charge is 2.34. The van der Waals surface area contributed by atoms with Crippen molar-refractivity contribution in [2.24, 2.45) is 23.1 Å². The van der Waals surface area contributed by atoms with Crippen LogP contribution in [0.3, 0.4) is 0 Å². The molecule has 0 bridgehead atoms. The smallest absolute Gasteiger partial charge is 0.326 e. The van der Waals surface area contributed by atoms with Gasteiger partial charge in [0.25, 0.3) is 0 Å². The molecule has 4 aromatic rings. The highest BCUT2D eigenvalue weighted by molar-refractivity contribution is 5.98. The third-order valence-corrected chi connectivity index (χ3v) is 11.3. The summed E-state index contributed by atoms with van der Waals surface area (Å²) in [5, 5.41) is 27.9. The van der Waals surface area contributed by atoms with Gasteiger partial charge in [0.1, 0.15) is 36.3 Å². The summed E-state index contributed by atoms with van der Waals surface area (Å²) in [5.41, 5.74) is 19.3. The number of carboxylic acids is 1. The molecule has 0 spiro atoms. The number of rotatable bonds is 28. The number of nitrogens with one attached hydrogen (secondary N) is 9. The van der Waals surface area contributed by atoms with Crippen LogP contribution in [0.15, 0.2) is 73.3 Å². The molecule has 8 atom stereocenters. The molecule has 24 heteroatoms. The number of carbonyl (C=O) groups excluding carboxylic acids is 9. The van der Waals surface area contributed by atoms with Crippen LogP contribution in [0.4, 0.5) is 0 Å². The van der Waals surface area contributed by atoms with Gasteiger partial charge in [0, 0.05) is 54.7 Å². The van der Waals surface area contributed by atoms with Crippen LogP contribution in [0.25, 0.3) is 10.9 Å². The zero-order valence-corrected chi connectivity index (χ0v) is 38.9. The molecule has 0 fully saturated rings. The molecule has 0 aliphatic rings. The lowest BCUT2D eigenvalue weighted by Gasteiger charge is -2.27. The first-order valence-corrected chi connectivity index (χ1v) is 22.5. The average molecular weight is 972 g/mol. The van der Waals surface area contributed by atoms with Crippen LogP contribution in [-0.4, -0.2) is 128 Å². The quantitative estimate of drug-likeness (QED) is 0.0282. The van der Waals surface area contributed by atoms with E-state index < -0.39 is 127 Å². The number of benzene rings is 2. The number of aliphatic carboxylic acids is 1. The van der Waals surface area contributed by atoms with E-state index in [2.05, 4.69) is 52.2 Å². The number of amides is 9. The Kier molecular flexibility index (Phi) is 20.5. The Balaban J connectivity index is 1.41. The number of carbonyl (C=O) groups is 10. The molecule has 0 radical (unpaired) electrons. The van der Waals surface area contributed by atoms with Crippen molar-refractivity contribution in [2.75, 3.05) is 6.54 Å². The number of carboxylic acid groups (broad SMARTS) is 1. The number of nitrogens with zero attached hydrogens (tertiary/aromatic N) is 1. The number of nitrogens with two attached hydrogens (primary N) is 3. The van der Waals surface area contributed by atoms with E-state index in [1.165, 1.54) is 19.4 Å². The number of H-pyrrole nitrogens is 2. The van der Waals surface area contributed by atoms with Gasteiger partial charge in [-0.1, -0.05) is 68.8 Å². The lowest BCUT2D eigenvalue weighted by molar-refractivity contribution is -0.142.